The lowest BCUT2D eigenvalue weighted by molar-refractivity contribution is 0.215. The average molecular weight is 215 g/mol. The largest absolute Gasteiger partial charge is 0.493 e. The van der Waals surface area contributed by atoms with E-state index in [-0.39, 0.29) is 5.88 Å². The molecular weight excluding hydrogens is 202 g/mol. The summed E-state index contributed by atoms with van der Waals surface area (Å²) in [7, 11) is 3.21. The van der Waals surface area contributed by atoms with E-state index in [4.69, 9.17) is 12.2 Å². The second-order valence-electron chi connectivity index (χ2n) is 2.71. The van der Waals surface area contributed by atoms with E-state index in [0.717, 1.165) is 0 Å². The van der Waals surface area contributed by atoms with Crippen LogP contribution < -0.4 is 0 Å². The lowest BCUT2D eigenvalue weighted by atomic mass is 10.5. The molecule has 0 aliphatic carbocycles. The molecule has 0 unspecified atom stereocenters. The lowest BCUT2D eigenvalue weighted by Crippen LogP contribution is -1.96. The van der Waals surface area contributed by atoms with E-state index < -0.39 is 0 Å². The van der Waals surface area contributed by atoms with E-state index in [9.17, 15) is 5.11 Å². The predicted octanol–water partition coefficient (Wildman–Crippen LogP) is 1.26. The summed E-state index contributed by atoms with van der Waals surface area (Å²) in [5, 5.41) is 13.3. The third-order valence-electron chi connectivity index (χ3n) is 1.96. The van der Waals surface area contributed by atoms with Crippen molar-refractivity contribution in [3.63, 3.8) is 0 Å². The number of nitrogens with zero attached hydrogens (tertiary/aromatic N) is 3. The molecule has 0 saturated heterocycles. The van der Waals surface area contributed by atoms with Crippen molar-refractivity contribution >= 4 is 18.4 Å². The molecule has 0 bridgehead atoms. The summed E-state index contributed by atoms with van der Waals surface area (Å²) in [4.78, 5) is 4.54. The molecule has 0 aliphatic rings. The van der Waals surface area contributed by atoms with Gasteiger partial charge in [0.1, 0.15) is 12.8 Å². The van der Waals surface area contributed by atoms with Gasteiger partial charge in [-0.2, -0.15) is 0 Å². The summed E-state index contributed by atoms with van der Waals surface area (Å²) in [5.41, 5.74) is 0.540. The molecule has 0 aromatic carbocycles. The Balaban J connectivity index is 3.30. The van der Waals surface area contributed by atoms with Gasteiger partial charge >= 0.3 is 0 Å². The molecule has 0 aliphatic heterocycles. The minimum Gasteiger partial charge on any atom is -0.493 e. The van der Waals surface area contributed by atoms with Crippen LogP contribution in [0.15, 0.2) is 5.16 Å². The van der Waals surface area contributed by atoms with Crippen LogP contribution in [0.1, 0.15) is 12.6 Å². The van der Waals surface area contributed by atoms with Crippen LogP contribution in [0.5, 0.6) is 5.88 Å². The maximum atomic E-state index is 9.75. The second kappa shape index (κ2) is 4.28. The van der Waals surface area contributed by atoms with Crippen molar-refractivity contribution in [2.45, 2.75) is 13.5 Å². The number of imidazole rings is 1. The van der Waals surface area contributed by atoms with Gasteiger partial charge in [-0.1, -0.05) is 5.16 Å². The van der Waals surface area contributed by atoms with Gasteiger partial charge in [0.15, 0.2) is 4.77 Å². The first kappa shape index (κ1) is 10.8. The normalized spacial score (nSPS) is 11.1. The first-order valence-corrected chi connectivity index (χ1v) is 4.59. The van der Waals surface area contributed by atoms with E-state index in [1.54, 1.807) is 16.2 Å². The summed E-state index contributed by atoms with van der Waals surface area (Å²) in [6.45, 7) is 2.53. The number of hydrogen-bond donors (Lipinski definition) is 1. The predicted molar refractivity (Wildman–Crippen MR) is 56.2 cm³/mol. The van der Waals surface area contributed by atoms with Gasteiger partial charge in [-0.25, -0.2) is 0 Å². The van der Waals surface area contributed by atoms with Gasteiger partial charge in [-0.3, -0.25) is 4.57 Å². The highest BCUT2D eigenvalue weighted by Gasteiger charge is 2.11. The maximum absolute atomic E-state index is 9.75. The smallest absolute Gasteiger partial charge is 0.219 e. The Morgan fingerprint density at radius 2 is 2.29 bits per heavy atom. The maximum Gasteiger partial charge on any atom is 0.219 e. The quantitative estimate of drug-likeness (QED) is 0.469. The molecule has 0 spiro atoms. The summed E-state index contributed by atoms with van der Waals surface area (Å²) in [6, 6.07) is 0. The van der Waals surface area contributed by atoms with Gasteiger partial charge in [-0.05, 0) is 19.1 Å². The van der Waals surface area contributed by atoms with Gasteiger partial charge < -0.3 is 14.5 Å². The molecule has 1 heterocycles. The van der Waals surface area contributed by atoms with Crippen molar-refractivity contribution in [2.24, 2.45) is 12.2 Å². The third-order valence-corrected chi connectivity index (χ3v) is 2.45. The van der Waals surface area contributed by atoms with Gasteiger partial charge in [0.2, 0.25) is 5.88 Å². The van der Waals surface area contributed by atoms with Crippen LogP contribution >= 0.6 is 12.2 Å². The van der Waals surface area contributed by atoms with Gasteiger partial charge in [-0.15, -0.1) is 0 Å². The molecule has 1 aromatic heterocycles. The van der Waals surface area contributed by atoms with Gasteiger partial charge in [0, 0.05) is 13.6 Å². The number of hydrogen-bond acceptors (Lipinski definition) is 4. The highest BCUT2D eigenvalue weighted by molar-refractivity contribution is 7.71. The molecule has 6 heteroatoms. The Morgan fingerprint density at radius 3 is 2.71 bits per heavy atom. The Hall–Kier alpha value is -1.30. The van der Waals surface area contributed by atoms with Gasteiger partial charge in [0.25, 0.3) is 0 Å². The molecule has 0 amide bonds. The van der Waals surface area contributed by atoms with Crippen molar-refractivity contribution in [1.82, 2.24) is 9.13 Å². The van der Waals surface area contributed by atoms with Crippen LogP contribution in [0.2, 0.25) is 0 Å². The number of oxime groups is 1. The Bertz CT molecular complexity index is 405. The fraction of sp³-hybridized carbons (Fsp3) is 0.500. The summed E-state index contributed by atoms with van der Waals surface area (Å²) in [5.74, 6) is 0.112. The fourth-order valence-corrected chi connectivity index (χ4v) is 1.51. The van der Waals surface area contributed by atoms with E-state index in [1.807, 2.05) is 6.92 Å². The SMILES string of the molecule is CCn1c(O)c(C=NOC)n(C)c1=S. The van der Waals surface area contributed by atoms with E-state index in [2.05, 4.69) is 9.99 Å². The van der Waals surface area contributed by atoms with E-state index in [0.29, 0.717) is 17.0 Å². The number of aromatic hydroxyl groups is 1. The van der Waals surface area contributed by atoms with Crippen molar-refractivity contribution in [2.75, 3.05) is 7.11 Å². The molecule has 1 aromatic rings. The molecule has 5 nitrogen and oxygen atoms in total. The fourth-order valence-electron chi connectivity index (χ4n) is 1.19. The first-order chi connectivity index (χ1) is 6.63. The number of rotatable bonds is 3. The number of aromatic nitrogens is 2. The van der Waals surface area contributed by atoms with Crippen LogP contribution in [0.4, 0.5) is 0 Å². The second-order valence-corrected chi connectivity index (χ2v) is 3.08. The molecule has 0 fully saturated rings. The summed E-state index contributed by atoms with van der Waals surface area (Å²) in [6.07, 6.45) is 1.43. The van der Waals surface area contributed by atoms with Crippen LogP contribution in [-0.2, 0) is 18.4 Å². The summed E-state index contributed by atoms with van der Waals surface area (Å²) < 4.78 is 3.85. The van der Waals surface area contributed by atoms with Crippen molar-refractivity contribution < 1.29 is 9.94 Å². The van der Waals surface area contributed by atoms with E-state index >= 15 is 0 Å². The van der Waals surface area contributed by atoms with Crippen molar-refractivity contribution in [1.29, 1.82) is 0 Å². The minimum atomic E-state index is 0.112. The Morgan fingerprint density at radius 1 is 1.64 bits per heavy atom. The zero-order chi connectivity index (χ0) is 10.7. The highest BCUT2D eigenvalue weighted by atomic mass is 32.1. The monoisotopic (exact) mass is 215 g/mol. The lowest BCUT2D eigenvalue weighted by Gasteiger charge is -1.96. The summed E-state index contributed by atoms with van der Waals surface area (Å²) >= 11 is 5.11. The molecule has 1 N–H and O–H groups in total. The Kier molecular flexibility index (Phi) is 3.29. The van der Waals surface area contributed by atoms with Crippen LogP contribution in [-0.4, -0.2) is 27.6 Å². The van der Waals surface area contributed by atoms with Crippen LogP contribution in [0.25, 0.3) is 0 Å². The van der Waals surface area contributed by atoms with E-state index in [1.165, 1.54) is 13.3 Å². The molecule has 1 rings (SSSR count). The molecular formula is C8H13N3O2S. The molecule has 14 heavy (non-hydrogen) atoms. The first-order valence-electron chi connectivity index (χ1n) is 4.18. The van der Waals surface area contributed by atoms with Gasteiger partial charge in [0.05, 0.1) is 6.21 Å². The van der Waals surface area contributed by atoms with Crippen LogP contribution in [0, 0.1) is 4.77 Å². The topological polar surface area (TPSA) is 51.7 Å². The highest BCUT2D eigenvalue weighted by Crippen LogP contribution is 2.17. The Labute approximate surface area is 87.2 Å². The van der Waals surface area contributed by atoms with Crippen molar-refractivity contribution in [3.05, 3.63) is 10.5 Å². The molecule has 78 valence electrons. The minimum absolute atomic E-state index is 0.112. The molecule has 0 radical (unpaired) electrons. The molecule has 0 atom stereocenters. The standard InChI is InChI=1S/C8H13N3O2S/c1-4-11-7(12)6(5-9-13-3)10(2)8(11)14/h5,12H,4H2,1-3H3. The zero-order valence-electron chi connectivity index (χ0n) is 8.39. The zero-order valence-corrected chi connectivity index (χ0v) is 9.21. The van der Waals surface area contributed by atoms with Crippen molar-refractivity contribution in [3.8, 4) is 5.88 Å². The average Bonchev–Trinajstić information content (AvgIpc) is 2.37. The van der Waals surface area contributed by atoms with Crippen LogP contribution in [0.3, 0.4) is 0 Å². The third kappa shape index (κ3) is 1.65. The molecule has 0 saturated carbocycles.